The lowest BCUT2D eigenvalue weighted by Crippen LogP contribution is -2.53. The number of aromatic hydroxyl groups is 1. The quantitative estimate of drug-likeness (QED) is 0.216. The topological polar surface area (TPSA) is 107 Å². The number of anilines is 1. The zero-order valence-corrected chi connectivity index (χ0v) is 25.4. The van der Waals surface area contributed by atoms with Crippen LogP contribution < -0.4 is 16.3 Å². The summed E-state index contributed by atoms with van der Waals surface area (Å²) in [5, 5.41) is 10.5. The van der Waals surface area contributed by atoms with Gasteiger partial charge in [0.15, 0.2) is 11.6 Å². The number of hydrogen-bond donors (Lipinski definition) is 1. The number of rotatable bonds is 4. The van der Waals surface area contributed by atoms with Crippen LogP contribution in [0.4, 0.5) is 10.1 Å². The Labute approximate surface area is 272 Å². The van der Waals surface area contributed by atoms with Gasteiger partial charge in [-0.25, -0.2) is 32.8 Å². The standard InChI is InChI=1S/C36H26ClFN4O5/c37-23-10-7-13-25(19-23)40-32(44)27-20-29-26(16-17-39-34(46)41(35(47)42(29)39)24-11-5-2-6-12-24)31(21-14-15-30(43)28(38)18-21)36(27,33(40)45)22-8-3-1-4-9-22/h1-16,18-19,27,29,31,43H,17,20H2. The van der Waals surface area contributed by atoms with E-state index in [0.29, 0.717) is 27.4 Å². The molecule has 1 aliphatic carbocycles. The molecule has 234 valence electrons. The molecule has 5 aromatic rings. The molecule has 4 aromatic carbocycles. The zero-order valence-electron chi connectivity index (χ0n) is 24.7. The van der Waals surface area contributed by atoms with E-state index in [1.807, 2.05) is 0 Å². The Bertz CT molecular complexity index is 2260. The van der Waals surface area contributed by atoms with E-state index in [1.54, 1.807) is 84.9 Å². The van der Waals surface area contributed by atoms with Gasteiger partial charge in [-0.05, 0) is 65.6 Å². The number of aromatic nitrogens is 3. The second-order valence-electron chi connectivity index (χ2n) is 12.0. The molecule has 4 unspecified atom stereocenters. The Morgan fingerprint density at radius 3 is 2.21 bits per heavy atom. The van der Waals surface area contributed by atoms with Crippen molar-refractivity contribution in [1.29, 1.82) is 0 Å². The van der Waals surface area contributed by atoms with Gasteiger partial charge in [-0.3, -0.25) is 9.59 Å². The van der Waals surface area contributed by atoms with Crippen molar-refractivity contribution in [1.82, 2.24) is 13.9 Å². The first-order valence-corrected chi connectivity index (χ1v) is 15.5. The van der Waals surface area contributed by atoms with Crippen molar-refractivity contribution in [3.63, 3.8) is 0 Å². The van der Waals surface area contributed by atoms with Crippen LogP contribution in [0, 0.1) is 11.7 Å². The third kappa shape index (κ3) is 4.01. The first-order valence-electron chi connectivity index (χ1n) is 15.1. The highest BCUT2D eigenvalue weighted by atomic mass is 35.5. The van der Waals surface area contributed by atoms with Crippen molar-refractivity contribution < 1.29 is 19.1 Å². The summed E-state index contributed by atoms with van der Waals surface area (Å²) < 4.78 is 19.0. The lowest BCUT2D eigenvalue weighted by atomic mass is 9.53. The van der Waals surface area contributed by atoms with Crippen LogP contribution >= 0.6 is 11.6 Å². The lowest BCUT2D eigenvalue weighted by Gasteiger charge is -2.49. The summed E-state index contributed by atoms with van der Waals surface area (Å²) in [7, 11) is 0. The summed E-state index contributed by atoms with van der Waals surface area (Å²) in [6.07, 6.45) is 1.81. The van der Waals surface area contributed by atoms with Crippen LogP contribution in [-0.4, -0.2) is 30.9 Å². The number of imide groups is 1. The van der Waals surface area contributed by atoms with Gasteiger partial charge in [-0.1, -0.05) is 78.3 Å². The van der Waals surface area contributed by atoms with Crippen molar-refractivity contribution in [2.75, 3.05) is 4.90 Å². The summed E-state index contributed by atoms with van der Waals surface area (Å²) in [5.74, 6) is -4.47. The molecule has 3 heterocycles. The number of allylic oxidation sites excluding steroid dienone is 2. The van der Waals surface area contributed by atoms with E-state index >= 15 is 9.18 Å². The number of carbonyl (C=O) groups is 2. The van der Waals surface area contributed by atoms with Gasteiger partial charge in [0.2, 0.25) is 11.8 Å². The molecule has 2 aliphatic heterocycles. The van der Waals surface area contributed by atoms with Gasteiger partial charge in [0.1, 0.15) is 0 Å². The fraction of sp³-hybridized carbons (Fsp3) is 0.167. The van der Waals surface area contributed by atoms with Gasteiger partial charge in [-0.15, -0.1) is 0 Å². The highest BCUT2D eigenvalue weighted by molar-refractivity contribution is 6.32. The summed E-state index contributed by atoms with van der Waals surface area (Å²) in [5.41, 5.74) is -0.551. The summed E-state index contributed by atoms with van der Waals surface area (Å²) >= 11 is 6.32. The fourth-order valence-electron chi connectivity index (χ4n) is 7.88. The van der Waals surface area contributed by atoms with E-state index in [0.717, 1.165) is 9.47 Å². The third-order valence-corrected chi connectivity index (χ3v) is 9.98. The molecule has 11 heteroatoms. The van der Waals surface area contributed by atoms with Crippen LogP contribution in [0.15, 0.2) is 124 Å². The molecule has 47 heavy (non-hydrogen) atoms. The fourth-order valence-corrected chi connectivity index (χ4v) is 8.07. The third-order valence-electron chi connectivity index (χ3n) is 9.75. The van der Waals surface area contributed by atoms with Crippen molar-refractivity contribution in [3.8, 4) is 11.4 Å². The van der Waals surface area contributed by atoms with Crippen LogP contribution in [0.2, 0.25) is 5.02 Å². The van der Waals surface area contributed by atoms with Gasteiger partial charge in [-0.2, -0.15) is 0 Å². The molecule has 0 spiro atoms. The first kappa shape index (κ1) is 29.0. The monoisotopic (exact) mass is 648 g/mol. The number of para-hydroxylation sites is 1. The van der Waals surface area contributed by atoms with E-state index < -0.39 is 58.1 Å². The Balaban J connectivity index is 1.42. The van der Waals surface area contributed by atoms with Crippen molar-refractivity contribution in [2.24, 2.45) is 5.92 Å². The Hall–Kier alpha value is -5.48. The smallest absolute Gasteiger partial charge is 0.352 e. The minimum atomic E-state index is -1.57. The predicted octanol–water partition coefficient (Wildman–Crippen LogP) is 5.10. The molecular formula is C36H26ClFN4O5. The number of halogens is 2. The molecule has 1 saturated carbocycles. The van der Waals surface area contributed by atoms with E-state index in [4.69, 9.17) is 11.6 Å². The number of carbonyl (C=O) groups excluding carboxylic acids is 2. The van der Waals surface area contributed by atoms with E-state index in [9.17, 15) is 19.5 Å². The average Bonchev–Trinajstić information content (AvgIpc) is 3.47. The minimum Gasteiger partial charge on any atom is -0.505 e. The van der Waals surface area contributed by atoms with E-state index in [2.05, 4.69) is 0 Å². The van der Waals surface area contributed by atoms with Crippen LogP contribution in [0.1, 0.15) is 29.5 Å². The van der Waals surface area contributed by atoms with Crippen molar-refractivity contribution in [2.45, 2.75) is 30.3 Å². The van der Waals surface area contributed by atoms with Crippen LogP contribution in [0.5, 0.6) is 5.75 Å². The van der Waals surface area contributed by atoms with Crippen molar-refractivity contribution >= 4 is 29.1 Å². The van der Waals surface area contributed by atoms with Crippen LogP contribution in [0.25, 0.3) is 5.69 Å². The zero-order chi connectivity index (χ0) is 32.6. The molecule has 2 fully saturated rings. The van der Waals surface area contributed by atoms with Crippen LogP contribution in [-0.2, 0) is 21.5 Å². The molecule has 1 N–H and O–H groups in total. The number of fused-ring (bicyclic) bond motifs is 4. The van der Waals surface area contributed by atoms with Gasteiger partial charge in [0.05, 0.1) is 35.3 Å². The highest BCUT2D eigenvalue weighted by Crippen LogP contribution is 2.62. The second-order valence-corrected chi connectivity index (χ2v) is 12.4. The molecule has 9 nitrogen and oxygen atoms in total. The normalized spacial score (nSPS) is 23.2. The minimum absolute atomic E-state index is 0.00644. The molecule has 0 bridgehead atoms. The molecule has 0 radical (unpaired) electrons. The number of phenolic OH excluding ortho intramolecular Hbond substituents is 1. The highest BCUT2D eigenvalue weighted by Gasteiger charge is 2.68. The van der Waals surface area contributed by atoms with E-state index in [1.165, 1.54) is 33.6 Å². The van der Waals surface area contributed by atoms with Crippen LogP contribution in [0.3, 0.4) is 0 Å². The Morgan fingerprint density at radius 2 is 1.51 bits per heavy atom. The molecule has 8 rings (SSSR count). The molecular weight excluding hydrogens is 623 g/mol. The maximum absolute atomic E-state index is 15.2. The largest absolute Gasteiger partial charge is 0.505 e. The number of nitrogens with zero attached hydrogens (tertiary/aromatic N) is 4. The molecule has 1 aromatic heterocycles. The SMILES string of the molecule is O=C1C2CC3C(=CCn4c(=O)n(-c5ccccc5)c(=O)n43)C(c3ccc(O)c(F)c3)C2(c2ccccc2)C(=O)N1c1cccc(Cl)c1. The molecule has 4 atom stereocenters. The van der Waals surface area contributed by atoms with Gasteiger partial charge < -0.3 is 5.11 Å². The lowest BCUT2D eigenvalue weighted by molar-refractivity contribution is -0.124. The van der Waals surface area contributed by atoms with Gasteiger partial charge >= 0.3 is 11.4 Å². The van der Waals surface area contributed by atoms with Gasteiger partial charge in [0.25, 0.3) is 0 Å². The summed E-state index contributed by atoms with van der Waals surface area (Å²) in [4.78, 5) is 58.8. The second kappa shape index (κ2) is 10.5. The molecule has 2 amide bonds. The van der Waals surface area contributed by atoms with Crippen molar-refractivity contribution in [3.05, 3.63) is 158 Å². The molecule has 3 aliphatic rings. The maximum Gasteiger partial charge on any atom is 0.352 e. The maximum atomic E-state index is 15.2. The van der Waals surface area contributed by atoms with E-state index in [-0.39, 0.29) is 18.7 Å². The Morgan fingerprint density at radius 1 is 0.809 bits per heavy atom. The predicted molar refractivity (Wildman–Crippen MR) is 172 cm³/mol. The Kier molecular flexibility index (Phi) is 6.49. The average molecular weight is 649 g/mol. The number of hydrogen-bond acceptors (Lipinski definition) is 5. The van der Waals surface area contributed by atoms with Gasteiger partial charge in [0, 0.05) is 10.9 Å². The first-order chi connectivity index (χ1) is 22.7. The number of benzene rings is 4. The number of phenols is 1. The number of amides is 2. The summed E-state index contributed by atoms with van der Waals surface area (Å²) in [6, 6.07) is 27.0. The molecule has 1 saturated heterocycles. The summed E-state index contributed by atoms with van der Waals surface area (Å²) in [6.45, 7) is 0.00644.